The summed E-state index contributed by atoms with van der Waals surface area (Å²) >= 11 is 5.76. The highest BCUT2D eigenvalue weighted by atomic mass is 79.9. The summed E-state index contributed by atoms with van der Waals surface area (Å²) in [4.78, 5) is 10.1. The molecule has 0 unspecified atom stereocenters. The highest BCUT2D eigenvalue weighted by Crippen LogP contribution is 2.26. The van der Waals surface area contributed by atoms with Gasteiger partial charge in [0.25, 0.3) is 6.43 Å². The fourth-order valence-electron chi connectivity index (χ4n) is 1.30. The van der Waals surface area contributed by atoms with Gasteiger partial charge in [-0.05, 0) is 50.1 Å². The Morgan fingerprint density at radius 1 is 0.905 bits per heavy atom. The van der Waals surface area contributed by atoms with E-state index < -0.39 is 23.6 Å². The zero-order valence-corrected chi connectivity index (χ0v) is 13.5. The summed E-state index contributed by atoms with van der Waals surface area (Å²) in [5.41, 5.74) is -0.492. The van der Waals surface area contributed by atoms with E-state index in [0.717, 1.165) is 6.07 Å². The number of aldehydes is 1. The number of hydrogen-bond donors (Lipinski definition) is 0. The van der Waals surface area contributed by atoms with Crippen LogP contribution in [-0.4, -0.2) is 6.29 Å². The fraction of sp³-hybridized carbons (Fsp3) is 0.0714. The van der Waals surface area contributed by atoms with Crippen LogP contribution in [0.4, 0.5) is 17.6 Å². The maximum Gasteiger partial charge on any atom is 0.266 e. The Labute approximate surface area is 135 Å². The van der Waals surface area contributed by atoms with E-state index in [1.165, 1.54) is 18.2 Å². The lowest BCUT2D eigenvalue weighted by Crippen LogP contribution is -1.90. The van der Waals surface area contributed by atoms with Gasteiger partial charge in [0.15, 0.2) is 6.29 Å². The predicted octanol–water partition coefficient (Wildman–Crippen LogP) is 5.93. The van der Waals surface area contributed by atoms with Crippen molar-refractivity contribution in [1.29, 1.82) is 0 Å². The van der Waals surface area contributed by atoms with Gasteiger partial charge < -0.3 is 0 Å². The first-order valence-corrected chi connectivity index (χ1v) is 7.08. The molecule has 2 rings (SSSR count). The van der Waals surface area contributed by atoms with Gasteiger partial charge in [0.05, 0.1) is 20.1 Å². The van der Waals surface area contributed by atoms with E-state index in [1.807, 2.05) is 0 Å². The van der Waals surface area contributed by atoms with Gasteiger partial charge >= 0.3 is 0 Å². The van der Waals surface area contributed by atoms with E-state index in [-0.39, 0.29) is 10.0 Å². The van der Waals surface area contributed by atoms with E-state index >= 15 is 0 Å². The Kier molecular flexibility index (Phi) is 7.04. The summed E-state index contributed by atoms with van der Waals surface area (Å²) in [7, 11) is 0. The first-order valence-electron chi connectivity index (χ1n) is 5.49. The second-order valence-corrected chi connectivity index (χ2v) is 5.41. The van der Waals surface area contributed by atoms with Crippen molar-refractivity contribution in [2.75, 3.05) is 0 Å². The van der Waals surface area contributed by atoms with Crippen molar-refractivity contribution >= 4 is 38.1 Å². The summed E-state index contributed by atoms with van der Waals surface area (Å²) in [5.74, 6) is -1.39. The van der Waals surface area contributed by atoms with Crippen molar-refractivity contribution in [2.45, 2.75) is 6.43 Å². The molecule has 0 spiro atoms. The van der Waals surface area contributed by atoms with Crippen LogP contribution < -0.4 is 0 Å². The van der Waals surface area contributed by atoms with Crippen molar-refractivity contribution in [3.63, 3.8) is 0 Å². The van der Waals surface area contributed by atoms with Gasteiger partial charge in [0.1, 0.15) is 11.6 Å². The molecule has 0 amide bonds. The molecule has 1 nitrogen and oxygen atoms in total. The molecule has 0 saturated carbocycles. The minimum Gasteiger partial charge on any atom is -0.298 e. The summed E-state index contributed by atoms with van der Waals surface area (Å²) < 4.78 is 49.7. The van der Waals surface area contributed by atoms with Gasteiger partial charge in [-0.2, -0.15) is 0 Å². The van der Waals surface area contributed by atoms with E-state index in [4.69, 9.17) is 0 Å². The molecule has 0 aromatic heterocycles. The standard InChI is InChI=1S/C7H4BrF3.C7H4BrFO/c8-5-3-1-2-4(6(5)9)7(10)11;8-6-3-1-2-5(4-10)7(6)9/h1-3,7H;1-4H. The number of hydrogen-bond acceptors (Lipinski definition) is 1. The number of carbonyl (C=O) groups is 1. The van der Waals surface area contributed by atoms with E-state index in [9.17, 15) is 22.4 Å². The molecular weight excluding hydrogens is 420 g/mol. The number of alkyl halides is 2. The van der Waals surface area contributed by atoms with Crippen molar-refractivity contribution in [3.05, 3.63) is 68.1 Å². The van der Waals surface area contributed by atoms with Crippen molar-refractivity contribution in [3.8, 4) is 0 Å². The molecular formula is C14H8Br2F4O. The molecule has 0 aliphatic rings. The lowest BCUT2D eigenvalue weighted by molar-refractivity contribution is 0.111. The molecule has 7 heteroatoms. The Morgan fingerprint density at radius 2 is 1.43 bits per heavy atom. The van der Waals surface area contributed by atoms with Gasteiger partial charge in [-0.25, -0.2) is 17.6 Å². The molecule has 0 atom stereocenters. The third-order valence-electron chi connectivity index (χ3n) is 2.32. The van der Waals surface area contributed by atoms with Crippen LogP contribution in [0.5, 0.6) is 0 Å². The van der Waals surface area contributed by atoms with E-state index in [0.29, 0.717) is 10.8 Å². The van der Waals surface area contributed by atoms with Gasteiger partial charge in [-0.15, -0.1) is 0 Å². The van der Waals surface area contributed by atoms with Crippen LogP contribution in [0.2, 0.25) is 0 Å². The van der Waals surface area contributed by atoms with Gasteiger partial charge in [-0.1, -0.05) is 18.2 Å². The third kappa shape index (κ3) is 4.93. The first kappa shape index (κ1) is 17.8. The number of carbonyl (C=O) groups excluding carboxylic acids is 1. The average Bonchev–Trinajstić information content (AvgIpc) is 2.45. The summed E-state index contributed by atoms with van der Waals surface area (Å²) in [6.07, 6.45) is -2.27. The lowest BCUT2D eigenvalue weighted by atomic mass is 10.2. The second-order valence-electron chi connectivity index (χ2n) is 3.70. The Bertz CT molecular complexity index is 632. The largest absolute Gasteiger partial charge is 0.298 e. The third-order valence-corrected chi connectivity index (χ3v) is 3.55. The molecule has 0 bridgehead atoms. The van der Waals surface area contributed by atoms with Gasteiger partial charge in [0.2, 0.25) is 0 Å². The highest BCUT2D eigenvalue weighted by Gasteiger charge is 2.14. The Balaban J connectivity index is 0.000000211. The predicted molar refractivity (Wildman–Crippen MR) is 78.5 cm³/mol. The topological polar surface area (TPSA) is 17.1 Å². The Hall–Kier alpha value is -1.21. The van der Waals surface area contributed by atoms with Crippen LogP contribution >= 0.6 is 31.9 Å². The molecule has 2 aromatic rings. The molecule has 2 aromatic carbocycles. The second kappa shape index (κ2) is 8.29. The smallest absolute Gasteiger partial charge is 0.266 e. The number of benzene rings is 2. The fourth-order valence-corrected chi connectivity index (χ4v) is 2.06. The summed E-state index contributed by atoms with van der Waals surface area (Å²) in [5, 5.41) is 0. The van der Waals surface area contributed by atoms with Gasteiger partial charge in [-0.3, -0.25) is 4.79 Å². The lowest BCUT2D eigenvalue weighted by Gasteiger charge is -2.01. The minimum atomic E-state index is -2.76. The maximum atomic E-state index is 12.7. The monoisotopic (exact) mass is 426 g/mol. The minimum absolute atomic E-state index is 0.0651. The zero-order valence-electron chi connectivity index (χ0n) is 10.3. The molecule has 0 fully saturated rings. The number of halogens is 6. The van der Waals surface area contributed by atoms with E-state index in [1.54, 1.807) is 12.1 Å². The molecule has 21 heavy (non-hydrogen) atoms. The SMILES string of the molecule is Fc1c(Br)cccc1C(F)F.O=Cc1cccc(Br)c1F. The van der Waals surface area contributed by atoms with Crippen LogP contribution in [0, 0.1) is 11.6 Å². The molecule has 0 radical (unpaired) electrons. The van der Waals surface area contributed by atoms with Crippen molar-refractivity contribution in [2.24, 2.45) is 0 Å². The van der Waals surface area contributed by atoms with Crippen LogP contribution in [0.15, 0.2) is 45.3 Å². The molecule has 0 aliphatic carbocycles. The van der Waals surface area contributed by atoms with Crippen LogP contribution in [-0.2, 0) is 0 Å². The normalized spacial score (nSPS) is 10.0. The molecule has 0 N–H and O–H groups in total. The molecule has 112 valence electrons. The summed E-state index contributed by atoms with van der Waals surface area (Å²) in [6, 6.07) is 8.38. The van der Waals surface area contributed by atoms with Crippen LogP contribution in [0.25, 0.3) is 0 Å². The van der Waals surface area contributed by atoms with Crippen molar-refractivity contribution < 1.29 is 22.4 Å². The van der Waals surface area contributed by atoms with Gasteiger partial charge in [0, 0.05) is 0 Å². The van der Waals surface area contributed by atoms with Crippen molar-refractivity contribution in [1.82, 2.24) is 0 Å². The number of rotatable bonds is 2. The summed E-state index contributed by atoms with van der Waals surface area (Å²) in [6.45, 7) is 0. The van der Waals surface area contributed by atoms with Crippen LogP contribution in [0.3, 0.4) is 0 Å². The van der Waals surface area contributed by atoms with E-state index in [2.05, 4.69) is 31.9 Å². The molecule has 0 aliphatic heterocycles. The maximum absolute atomic E-state index is 12.7. The zero-order chi connectivity index (χ0) is 16.0. The average molecular weight is 428 g/mol. The Morgan fingerprint density at radius 3 is 1.86 bits per heavy atom. The molecule has 0 heterocycles. The highest BCUT2D eigenvalue weighted by molar-refractivity contribution is 9.10. The van der Waals surface area contributed by atoms with Crippen LogP contribution in [0.1, 0.15) is 22.3 Å². The quantitative estimate of drug-likeness (QED) is 0.429. The first-order chi connectivity index (χ1) is 9.88. The molecule has 0 saturated heterocycles.